The van der Waals surface area contributed by atoms with Crippen molar-refractivity contribution in [3.05, 3.63) is 53.6 Å². The summed E-state index contributed by atoms with van der Waals surface area (Å²) in [7, 11) is 3.48. The molecule has 2 aromatic carbocycles. The number of ether oxygens (including phenoxy) is 3. The molecule has 0 aromatic heterocycles. The molecule has 0 atom stereocenters. The van der Waals surface area contributed by atoms with Gasteiger partial charge in [-0.1, -0.05) is 18.2 Å². The first-order valence-corrected chi connectivity index (χ1v) is 9.24. The van der Waals surface area contributed by atoms with Gasteiger partial charge >= 0.3 is 0 Å². The van der Waals surface area contributed by atoms with Gasteiger partial charge in [0.15, 0.2) is 17.5 Å². The Balaban J connectivity index is 0.00000280. The van der Waals surface area contributed by atoms with Crippen LogP contribution in [0.4, 0.5) is 0 Å². The summed E-state index contributed by atoms with van der Waals surface area (Å²) in [5.74, 6) is 3.36. The second-order valence-corrected chi connectivity index (χ2v) is 6.32. The highest BCUT2D eigenvalue weighted by Crippen LogP contribution is 2.32. The van der Waals surface area contributed by atoms with Crippen LogP contribution in [0.3, 0.4) is 0 Å². The van der Waals surface area contributed by atoms with Crippen molar-refractivity contribution in [2.45, 2.75) is 19.3 Å². The largest absolute Gasteiger partial charge is 0.497 e. The molecule has 0 radical (unpaired) electrons. The number of aryl methyl sites for hydroxylation is 1. The van der Waals surface area contributed by atoms with E-state index in [1.807, 2.05) is 24.3 Å². The Labute approximate surface area is 183 Å². The van der Waals surface area contributed by atoms with Gasteiger partial charge in [-0.3, -0.25) is 4.99 Å². The van der Waals surface area contributed by atoms with Crippen molar-refractivity contribution in [1.82, 2.24) is 10.6 Å². The zero-order valence-electron chi connectivity index (χ0n) is 16.4. The number of nitrogens with zero attached hydrogens (tertiary/aromatic N) is 1. The maximum atomic E-state index is 5.42. The second kappa shape index (κ2) is 11.6. The molecule has 6 nitrogen and oxygen atoms in total. The standard InChI is InChI=1S/C21H27N3O3.HI/c1-22-21(23-12-3-4-16-5-8-18(25-2)9-6-16)24-13-11-17-7-10-19-20(14-17)27-15-26-19;/h5-10,14H,3-4,11-13,15H2,1-2H3,(H2,22,23,24);1H. The first-order chi connectivity index (χ1) is 13.3. The first-order valence-electron chi connectivity index (χ1n) is 9.24. The molecule has 28 heavy (non-hydrogen) atoms. The highest BCUT2D eigenvalue weighted by atomic mass is 127. The SMILES string of the molecule is CN=C(NCCCc1ccc(OC)cc1)NCCc1ccc2c(c1)OCO2.I. The molecule has 0 aliphatic carbocycles. The summed E-state index contributed by atoms with van der Waals surface area (Å²) in [6.07, 6.45) is 2.95. The minimum absolute atomic E-state index is 0. The molecule has 0 amide bonds. The van der Waals surface area contributed by atoms with E-state index in [0.29, 0.717) is 6.79 Å². The predicted molar refractivity (Wildman–Crippen MR) is 122 cm³/mol. The van der Waals surface area contributed by atoms with Crippen LogP contribution in [0.1, 0.15) is 17.5 Å². The molecule has 0 spiro atoms. The van der Waals surface area contributed by atoms with Crippen LogP contribution in [0.15, 0.2) is 47.5 Å². The molecular weight excluding hydrogens is 469 g/mol. The molecule has 2 aromatic rings. The molecule has 0 fully saturated rings. The average molecular weight is 497 g/mol. The van der Waals surface area contributed by atoms with Crippen LogP contribution in [0.5, 0.6) is 17.2 Å². The highest BCUT2D eigenvalue weighted by Gasteiger charge is 2.12. The molecule has 1 aliphatic heterocycles. The van der Waals surface area contributed by atoms with E-state index in [1.165, 1.54) is 11.1 Å². The lowest BCUT2D eigenvalue weighted by atomic mass is 10.1. The minimum Gasteiger partial charge on any atom is -0.497 e. The molecule has 1 aliphatic rings. The third-order valence-corrected chi connectivity index (χ3v) is 4.46. The van der Waals surface area contributed by atoms with Crippen molar-refractivity contribution in [3.63, 3.8) is 0 Å². The number of benzene rings is 2. The van der Waals surface area contributed by atoms with Crippen LogP contribution in [0.2, 0.25) is 0 Å². The van der Waals surface area contributed by atoms with E-state index in [9.17, 15) is 0 Å². The van der Waals surface area contributed by atoms with E-state index >= 15 is 0 Å². The van der Waals surface area contributed by atoms with E-state index in [-0.39, 0.29) is 24.0 Å². The number of hydrogen-bond acceptors (Lipinski definition) is 4. The number of hydrogen-bond donors (Lipinski definition) is 2. The fraction of sp³-hybridized carbons (Fsp3) is 0.381. The lowest BCUT2D eigenvalue weighted by Crippen LogP contribution is -2.38. The zero-order valence-corrected chi connectivity index (χ0v) is 18.7. The Morgan fingerprint density at radius 1 is 0.964 bits per heavy atom. The van der Waals surface area contributed by atoms with Gasteiger partial charge in [-0.15, -0.1) is 24.0 Å². The van der Waals surface area contributed by atoms with Crippen molar-refractivity contribution in [2.75, 3.05) is 34.0 Å². The van der Waals surface area contributed by atoms with Crippen molar-refractivity contribution >= 4 is 29.9 Å². The van der Waals surface area contributed by atoms with Gasteiger partial charge in [0.1, 0.15) is 5.75 Å². The van der Waals surface area contributed by atoms with Crippen LogP contribution >= 0.6 is 24.0 Å². The van der Waals surface area contributed by atoms with E-state index in [1.54, 1.807) is 14.2 Å². The van der Waals surface area contributed by atoms with E-state index in [4.69, 9.17) is 14.2 Å². The Hall–Kier alpha value is -2.16. The second-order valence-electron chi connectivity index (χ2n) is 6.32. The fourth-order valence-corrected chi connectivity index (χ4v) is 2.93. The normalized spacial score (nSPS) is 12.3. The highest BCUT2D eigenvalue weighted by molar-refractivity contribution is 14.0. The molecule has 1 heterocycles. The number of guanidine groups is 1. The lowest BCUT2D eigenvalue weighted by molar-refractivity contribution is 0.174. The summed E-state index contributed by atoms with van der Waals surface area (Å²) in [5.41, 5.74) is 2.52. The maximum absolute atomic E-state index is 5.42. The Morgan fingerprint density at radius 3 is 2.43 bits per heavy atom. The van der Waals surface area contributed by atoms with Gasteiger partial charge in [-0.05, 0) is 54.7 Å². The molecule has 3 rings (SSSR count). The average Bonchev–Trinajstić information content (AvgIpc) is 3.18. The smallest absolute Gasteiger partial charge is 0.231 e. The summed E-state index contributed by atoms with van der Waals surface area (Å²) in [5, 5.41) is 6.71. The number of halogens is 1. The fourth-order valence-electron chi connectivity index (χ4n) is 2.93. The number of fused-ring (bicyclic) bond motifs is 1. The molecule has 0 saturated carbocycles. The third-order valence-electron chi connectivity index (χ3n) is 4.46. The van der Waals surface area contributed by atoms with Crippen molar-refractivity contribution in [1.29, 1.82) is 0 Å². The van der Waals surface area contributed by atoms with Crippen molar-refractivity contribution in [2.24, 2.45) is 4.99 Å². The summed E-state index contributed by atoms with van der Waals surface area (Å²) >= 11 is 0. The Kier molecular flexibility index (Phi) is 9.19. The van der Waals surface area contributed by atoms with Crippen LogP contribution in [-0.2, 0) is 12.8 Å². The quantitative estimate of drug-likeness (QED) is 0.254. The minimum atomic E-state index is 0. The summed E-state index contributed by atoms with van der Waals surface area (Å²) in [6, 6.07) is 14.3. The molecule has 0 bridgehead atoms. The lowest BCUT2D eigenvalue weighted by Gasteiger charge is -2.12. The molecule has 0 unspecified atom stereocenters. The monoisotopic (exact) mass is 497 g/mol. The van der Waals surface area contributed by atoms with Gasteiger partial charge in [0.05, 0.1) is 7.11 Å². The maximum Gasteiger partial charge on any atom is 0.231 e. The molecule has 0 saturated heterocycles. The van der Waals surface area contributed by atoms with Crippen molar-refractivity contribution < 1.29 is 14.2 Å². The van der Waals surface area contributed by atoms with Gasteiger partial charge in [-0.25, -0.2) is 0 Å². The summed E-state index contributed by atoms with van der Waals surface area (Å²) in [6.45, 7) is 1.98. The van der Waals surface area contributed by atoms with Gasteiger partial charge in [0.2, 0.25) is 6.79 Å². The zero-order chi connectivity index (χ0) is 18.9. The molecule has 152 valence electrons. The summed E-state index contributed by atoms with van der Waals surface area (Å²) < 4.78 is 15.9. The van der Waals surface area contributed by atoms with Gasteiger partial charge in [0.25, 0.3) is 0 Å². The third kappa shape index (κ3) is 6.47. The Bertz CT molecular complexity index is 766. The predicted octanol–water partition coefficient (Wildman–Crippen LogP) is 3.38. The molecular formula is C21H28IN3O3. The number of rotatable bonds is 8. The van der Waals surface area contributed by atoms with Crippen LogP contribution < -0.4 is 24.8 Å². The number of methoxy groups -OCH3 is 1. The van der Waals surface area contributed by atoms with E-state index in [2.05, 4.69) is 33.8 Å². The topological polar surface area (TPSA) is 64.1 Å². The Morgan fingerprint density at radius 2 is 1.68 bits per heavy atom. The van der Waals surface area contributed by atoms with Gasteiger partial charge < -0.3 is 24.8 Å². The first kappa shape index (κ1) is 22.1. The van der Waals surface area contributed by atoms with Crippen molar-refractivity contribution in [3.8, 4) is 17.2 Å². The number of nitrogens with one attached hydrogen (secondary N) is 2. The van der Waals surface area contributed by atoms with Crippen LogP contribution in [0, 0.1) is 0 Å². The van der Waals surface area contributed by atoms with E-state index < -0.39 is 0 Å². The summed E-state index contributed by atoms with van der Waals surface area (Å²) in [4.78, 5) is 4.28. The van der Waals surface area contributed by atoms with Gasteiger partial charge in [0, 0.05) is 20.1 Å². The molecule has 7 heteroatoms. The number of aliphatic imine (C=N–C) groups is 1. The molecule has 2 N–H and O–H groups in total. The van der Waals surface area contributed by atoms with Crippen LogP contribution in [-0.4, -0.2) is 40.0 Å². The van der Waals surface area contributed by atoms with E-state index in [0.717, 1.165) is 55.6 Å². The van der Waals surface area contributed by atoms with Crippen LogP contribution in [0.25, 0.3) is 0 Å². The van der Waals surface area contributed by atoms with Gasteiger partial charge in [-0.2, -0.15) is 0 Å².